The fraction of sp³-hybridized carbons (Fsp3) is 0.158. The lowest BCUT2D eigenvalue weighted by atomic mass is 10.2. The molecule has 1 aromatic heterocycles. The molecule has 3 rings (SSSR count). The summed E-state index contributed by atoms with van der Waals surface area (Å²) in [4.78, 5) is 19.2. The highest BCUT2D eigenvalue weighted by Gasteiger charge is 2.19. The number of H-pyrrole nitrogens is 1. The van der Waals surface area contributed by atoms with Crippen molar-refractivity contribution >= 4 is 52.3 Å². The van der Waals surface area contributed by atoms with Gasteiger partial charge in [0.1, 0.15) is 10.9 Å². The van der Waals surface area contributed by atoms with E-state index in [-0.39, 0.29) is 39.5 Å². The molecule has 158 valence electrons. The number of hydrogen-bond donors (Lipinski definition) is 4. The van der Waals surface area contributed by atoms with Gasteiger partial charge in [-0.25, -0.2) is 9.37 Å². The van der Waals surface area contributed by atoms with E-state index in [0.717, 1.165) is 0 Å². The monoisotopic (exact) mass is 471 g/mol. The number of rotatable bonds is 7. The van der Waals surface area contributed by atoms with Crippen molar-refractivity contribution in [2.75, 3.05) is 17.6 Å². The minimum atomic E-state index is -0.734. The Balaban J connectivity index is 1.77. The van der Waals surface area contributed by atoms with Crippen LogP contribution in [-0.4, -0.2) is 22.4 Å². The summed E-state index contributed by atoms with van der Waals surface area (Å²) in [5, 5.41) is 5.93. The molecule has 0 aliphatic heterocycles. The minimum absolute atomic E-state index is 0.00661. The first-order valence-electron chi connectivity index (χ1n) is 8.76. The van der Waals surface area contributed by atoms with Crippen molar-refractivity contribution < 1.29 is 13.9 Å². The lowest BCUT2D eigenvalue weighted by Gasteiger charge is -2.13. The molecule has 30 heavy (non-hydrogen) atoms. The molecule has 0 atom stereocenters. The van der Waals surface area contributed by atoms with Gasteiger partial charge in [0.25, 0.3) is 5.91 Å². The third kappa shape index (κ3) is 5.08. The summed E-state index contributed by atoms with van der Waals surface area (Å²) in [7, 11) is 0. The van der Waals surface area contributed by atoms with E-state index in [0.29, 0.717) is 23.2 Å². The first-order chi connectivity index (χ1) is 14.3. The van der Waals surface area contributed by atoms with Crippen LogP contribution in [0, 0.1) is 5.82 Å². The fourth-order valence-corrected chi connectivity index (χ4v) is 3.21. The first-order valence-corrected chi connectivity index (χ1v) is 9.90. The van der Waals surface area contributed by atoms with Crippen LogP contribution in [0.2, 0.25) is 15.2 Å². The molecular formula is C19H17Cl3FN5O2. The SMILES string of the molecule is CCNc1nc(C(=O)NCc2ccc(Cl)c(Oc3cc(N)cc(Cl)c3)c2F)c(Cl)[nH]1. The van der Waals surface area contributed by atoms with Crippen LogP contribution in [-0.2, 0) is 6.54 Å². The standard InChI is InChI=1S/C19H17Cl3FN5O2/c1-2-25-19-27-15(17(22)28-19)18(29)26-8-9-3-4-13(21)16(14(9)23)30-12-6-10(20)5-11(24)7-12/h3-7H,2,8,24H2,1H3,(H,26,29)(H2,25,27,28). The Kier molecular flexibility index (Phi) is 6.91. The number of aromatic amines is 1. The Morgan fingerprint density at radius 1 is 1.27 bits per heavy atom. The van der Waals surface area contributed by atoms with Crippen molar-refractivity contribution in [3.8, 4) is 11.5 Å². The van der Waals surface area contributed by atoms with Crippen LogP contribution in [0.25, 0.3) is 0 Å². The minimum Gasteiger partial charge on any atom is -0.453 e. The van der Waals surface area contributed by atoms with Crippen LogP contribution in [0.5, 0.6) is 11.5 Å². The molecular weight excluding hydrogens is 456 g/mol. The molecule has 1 amide bonds. The lowest BCUT2D eigenvalue weighted by molar-refractivity contribution is 0.0946. The first kappa shape index (κ1) is 22.0. The van der Waals surface area contributed by atoms with E-state index >= 15 is 0 Å². The quantitative estimate of drug-likeness (QED) is 0.352. The predicted molar refractivity (Wildman–Crippen MR) is 116 cm³/mol. The second-order valence-electron chi connectivity index (χ2n) is 6.13. The fourth-order valence-electron chi connectivity index (χ4n) is 2.58. The van der Waals surface area contributed by atoms with Crippen LogP contribution >= 0.6 is 34.8 Å². The normalized spacial score (nSPS) is 10.7. The van der Waals surface area contributed by atoms with Gasteiger partial charge in [0.2, 0.25) is 5.95 Å². The summed E-state index contributed by atoms with van der Waals surface area (Å²) >= 11 is 18.0. The molecule has 0 aliphatic carbocycles. The maximum Gasteiger partial charge on any atom is 0.273 e. The number of amides is 1. The number of anilines is 2. The van der Waals surface area contributed by atoms with E-state index in [1.54, 1.807) is 0 Å². The van der Waals surface area contributed by atoms with Gasteiger partial charge in [-0.2, -0.15) is 0 Å². The van der Waals surface area contributed by atoms with E-state index in [1.807, 2.05) is 6.92 Å². The number of aromatic nitrogens is 2. The third-order valence-corrected chi connectivity index (χ3v) is 4.69. The number of carbonyl (C=O) groups is 1. The van der Waals surface area contributed by atoms with Gasteiger partial charge < -0.3 is 26.1 Å². The average molecular weight is 473 g/mol. The van der Waals surface area contributed by atoms with Gasteiger partial charge in [-0.1, -0.05) is 40.9 Å². The average Bonchev–Trinajstić information content (AvgIpc) is 3.04. The Morgan fingerprint density at radius 3 is 2.73 bits per heavy atom. The van der Waals surface area contributed by atoms with Crippen molar-refractivity contribution in [3.05, 3.63) is 62.6 Å². The summed E-state index contributed by atoms with van der Waals surface area (Å²) < 4.78 is 20.5. The molecule has 0 aliphatic rings. The molecule has 7 nitrogen and oxygen atoms in total. The molecule has 1 heterocycles. The van der Waals surface area contributed by atoms with Gasteiger partial charge >= 0.3 is 0 Å². The summed E-state index contributed by atoms with van der Waals surface area (Å²) in [5.41, 5.74) is 6.22. The number of nitrogens with two attached hydrogens (primary N) is 1. The molecule has 0 unspecified atom stereocenters. The van der Waals surface area contributed by atoms with E-state index in [2.05, 4.69) is 20.6 Å². The molecule has 0 saturated heterocycles. The van der Waals surface area contributed by atoms with Gasteiger partial charge in [0, 0.05) is 35.4 Å². The summed E-state index contributed by atoms with van der Waals surface area (Å²) in [6.07, 6.45) is 0. The third-order valence-electron chi connectivity index (χ3n) is 3.90. The van der Waals surface area contributed by atoms with Crippen LogP contribution < -0.4 is 21.1 Å². The predicted octanol–water partition coefficient (Wildman–Crippen LogP) is 5.25. The molecule has 0 fully saturated rings. The number of halogens is 4. The number of nitrogen functional groups attached to an aromatic ring is 1. The zero-order valence-electron chi connectivity index (χ0n) is 15.7. The smallest absolute Gasteiger partial charge is 0.273 e. The summed E-state index contributed by atoms with van der Waals surface area (Å²) in [6.45, 7) is 2.33. The summed E-state index contributed by atoms with van der Waals surface area (Å²) in [6, 6.07) is 7.38. The van der Waals surface area contributed by atoms with E-state index in [9.17, 15) is 9.18 Å². The second-order valence-corrected chi connectivity index (χ2v) is 7.35. The topological polar surface area (TPSA) is 105 Å². The van der Waals surface area contributed by atoms with Crippen molar-refractivity contribution in [2.24, 2.45) is 0 Å². The molecule has 11 heteroatoms. The maximum atomic E-state index is 15.0. The number of hydrogen-bond acceptors (Lipinski definition) is 5. The van der Waals surface area contributed by atoms with Crippen LogP contribution in [0.3, 0.4) is 0 Å². The molecule has 2 aromatic carbocycles. The van der Waals surface area contributed by atoms with E-state index in [1.165, 1.54) is 30.3 Å². The Labute approximate surface area is 186 Å². The Hall–Kier alpha value is -2.68. The van der Waals surface area contributed by atoms with Crippen molar-refractivity contribution in [3.63, 3.8) is 0 Å². The van der Waals surface area contributed by atoms with Gasteiger partial charge in [0.15, 0.2) is 17.3 Å². The van der Waals surface area contributed by atoms with Gasteiger partial charge in [-0.3, -0.25) is 4.79 Å². The Bertz CT molecular complexity index is 1070. The summed E-state index contributed by atoms with van der Waals surface area (Å²) in [5.74, 6) is -0.928. The van der Waals surface area contributed by atoms with E-state index in [4.69, 9.17) is 45.3 Å². The van der Waals surface area contributed by atoms with E-state index < -0.39 is 11.7 Å². The highest BCUT2D eigenvalue weighted by atomic mass is 35.5. The molecule has 0 radical (unpaired) electrons. The molecule has 0 spiro atoms. The zero-order chi connectivity index (χ0) is 21.8. The molecule has 0 bridgehead atoms. The number of carbonyl (C=O) groups excluding carboxylic acids is 1. The number of nitrogens with zero attached hydrogens (tertiary/aromatic N) is 1. The van der Waals surface area contributed by atoms with Crippen molar-refractivity contribution in [1.82, 2.24) is 15.3 Å². The molecule has 5 N–H and O–H groups in total. The van der Waals surface area contributed by atoms with Gasteiger partial charge in [-0.05, 0) is 25.1 Å². The number of benzene rings is 2. The van der Waals surface area contributed by atoms with Gasteiger partial charge in [-0.15, -0.1) is 0 Å². The number of imidazole rings is 1. The maximum absolute atomic E-state index is 15.0. The lowest BCUT2D eigenvalue weighted by Crippen LogP contribution is -2.24. The second kappa shape index (κ2) is 9.42. The van der Waals surface area contributed by atoms with Crippen molar-refractivity contribution in [1.29, 1.82) is 0 Å². The largest absolute Gasteiger partial charge is 0.453 e. The van der Waals surface area contributed by atoms with Crippen LogP contribution in [0.4, 0.5) is 16.0 Å². The number of nitrogens with one attached hydrogen (secondary N) is 3. The number of ether oxygens (including phenoxy) is 1. The van der Waals surface area contributed by atoms with Gasteiger partial charge in [0.05, 0.1) is 5.02 Å². The highest BCUT2D eigenvalue weighted by molar-refractivity contribution is 6.33. The zero-order valence-corrected chi connectivity index (χ0v) is 17.9. The molecule has 0 saturated carbocycles. The highest BCUT2D eigenvalue weighted by Crippen LogP contribution is 2.35. The Morgan fingerprint density at radius 2 is 2.03 bits per heavy atom. The van der Waals surface area contributed by atoms with Crippen molar-refractivity contribution in [2.45, 2.75) is 13.5 Å². The van der Waals surface area contributed by atoms with Crippen LogP contribution in [0.1, 0.15) is 23.0 Å². The van der Waals surface area contributed by atoms with Crippen LogP contribution in [0.15, 0.2) is 30.3 Å². The molecule has 3 aromatic rings.